The number of esters is 1. The van der Waals surface area contributed by atoms with Gasteiger partial charge in [-0.15, -0.1) is 0 Å². The van der Waals surface area contributed by atoms with Crippen molar-refractivity contribution in [3.8, 4) is 0 Å². The molecule has 1 saturated carbocycles. The largest absolute Gasteiger partial charge is 0.469 e. The standard InChI is InChI=1S/C19H36O2/c1-21-19(20)17-13-7-5-3-2-4-6-10-14-18-15-11-8-9-12-16-18/h18H,2-17H2,1H3. The van der Waals surface area contributed by atoms with Crippen LogP contribution in [0.5, 0.6) is 0 Å². The maximum absolute atomic E-state index is 10.9. The number of carbonyl (C=O) groups excluding carboxylic acids is 1. The van der Waals surface area contributed by atoms with Crippen LogP contribution < -0.4 is 0 Å². The molecular formula is C19H36O2. The minimum atomic E-state index is -0.0616. The maximum atomic E-state index is 10.9. The van der Waals surface area contributed by atoms with Crippen molar-refractivity contribution >= 4 is 5.97 Å². The third-order valence-corrected chi connectivity index (χ3v) is 4.95. The molecule has 0 aromatic carbocycles. The summed E-state index contributed by atoms with van der Waals surface area (Å²) in [6, 6.07) is 0. The van der Waals surface area contributed by atoms with Crippen LogP contribution in [-0.2, 0) is 9.53 Å². The van der Waals surface area contributed by atoms with Crippen LogP contribution in [0, 0.1) is 5.92 Å². The van der Waals surface area contributed by atoms with Gasteiger partial charge >= 0.3 is 5.97 Å². The fourth-order valence-electron chi connectivity index (χ4n) is 3.52. The molecule has 0 atom stereocenters. The topological polar surface area (TPSA) is 26.3 Å². The molecular weight excluding hydrogens is 260 g/mol. The van der Waals surface area contributed by atoms with Gasteiger partial charge in [0.1, 0.15) is 0 Å². The van der Waals surface area contributed by atoms with E-state index in [1.54, 1.807) is 0 Å². The fraction of sp³-hybridized carbons (Fsp3) is 0.947. The Kier molecular flexibility index (Phi) is 11.6. The third-order valence-electron chi connectivity index (χ3n) is 4.95. The van der Waals surface area contributed by atoms with Crippen molar-refractivity contribution in [2.24, 2.45) is 5.92 Å². The highest BCUT2D eigenvalue weighted by Crippen LogP contribution is 2.27. The molecule has 2 heteroatoms. The first-order valence-corrected chi connectivity index (χ1v) is 9.39. The molecule has 0 aliphatic heterocycles. The molecule has 1 rings (SSSR count). The Bertz CT molecular complexity index is 242. The number of rotatable bonds is 11. The van der Waals surface area contributed by atoms with E-state index in [1.807, 2.05) is 0 Å². The summed E-state index contributed by atoms with van der Waals surface area (Å²) in [5, 5.41) is 0. The summed E-state index contributed by atoms with van der Waals surface area (Å²) in [5.41, 5.74) is 0. The predicted molar refractivity (Wildman–Crippen MR) is 89.4 cm³/mol. The van der Waals surface area contributed by atoms with E-state index in [0.717, 1.165) is 12.3 Å². The second kappa shape index (κ2) is 13.2. The molecule has 1 fully saturated rings. The quantitative estimate of drug-likeness (QED) is 0.264. The van der Waals surface area contributed by atoms with Crippen molar-refractivity contribution in [2.45, 2.75) is 103 Å². The van der Waals surface area contributed by atoms with Crippen LogP contribution >= 0.6 is 0 Å². The van der Waals surface area contributed by atoms with Gasteiger partial charge in [-0.25, -0.2) is 0 Å². The van der Waals surface area contributed by atoms with Gasteiger partial charge < -0.3 is 4.74 Å². The molecule has 2 nitrogen and oxygen atoms in total. The Morgan fingerprint density at radius 1 is 0.810 bits per heavy atom. The monoisotopic (exact) mass is 296 g/mol. The summed E-state index contributed by atoms with van der Waals surface area (Å²) in [6.45, 7) is 0. The van der Waals surface area contributed by atoms with Crippen LogP contribution in [0.1, 0.15) is 103 Å². The third kappa shape index (κ3) is 10.8. The highest BCUT2D eigenvalue weighted by molar-refractivity contribution is 5.68. The van der Waals surface area contributed by atoms with Crippen LogP contribution in [-0.4, -0.2) is 13.1 Å². The van der Waals surface area contributed by atoms with Gasteiger partial charge in [-0.3, -0.25) is 4.79 Å². The van der Waals surface area contributed by atoms with E-state index in [2.05, 4.69) is 4.74 Å². The van der Waals surface area contributed by atoms with Crippen LogP contribution in [0.4, 0.5) is 0 Å². The van der Waals surface area contributed by atoms with Gasteiger partial charge in [-0.1, -0.05) is 89.9 Å². The van der Waals surface area contributed by atoms with E-state index in [1.165, 1.54) is 97.0 Å². The Balaban J connectivity index is 1.79. The van der Waals surface area contributed by atoms with Gasteiger partial charge in [0.15, 0.2) is 0 Å². The second-order valence-corrected chi connectivity index (χ2v) is 6.80. The van der Waals surface area contributed by atoms with Crippen molar-refractivity contribution in [1.82, 2.24) is 0 Å². The maximum Gasteiger partial charge on any atom is 0.305 e. The minimum absolute atomic E-state index is 0.0616. The Morgan fingerprint density at radius 3 is 1.90 bits per heavy atom. The van der Waals surface area contributed by atoms with Crippen molar-refractivity contribution in [1.29, 1.82) is 0 Å². The van der Waals surface area contributed by atoms with Gasteiger partial charge in [0, 0.05) is 6.42 Å². The predicted octanol–water partition coefficient (Wildman–Crippen LogP) is 6.03. The molecule has 0 saturated heterocycles. The zero-order valence-corrected chi connectivity index (χ0v) is 14.2. The lowest BCUT2D eigenvalue weighted by atomic mass is 9.93. The number of hydrogen-bond acceptors (Lipinski definition) is 2. The Labute approximate surface area is 132 Å². The first-order chi connectivity index (χ1) is 10.3. The Morgan fingerprint density at radius 2 is 1.33 bits per heavy atom. The molecule has 0 heterocycles. The van der Waals surface area contributed by atoms with Crippen molar-refractivity contribution < 1.29 is 9.53 Å². The number of hydrogen-bond donors (Lipinski definition) is 0. The van der Waals surface area contributed by atoms with E-state index >= 15 is 0 Å². The molecule has 124 valence electrons. The van der Waals surface area contributed by atoms with E-state index < -0.39 is 0 Å². The first kappa shape index (κ1) is 18.5. The molecule has 0 amide bonds. The van der Waals surface area contributed by atoms with Crippen LogP contribution in [0.25, 0.3) is 0 Å². The van der Waals surface area contributed by atoms with Gasteiger partial charge in [-0.2, -0.15) is 0 Å². The molecule has 1 aliphatic rings. The number of ether oxygens (including phenoxy) is 1. The minimum Gasteiger partial charge on any atom is -0.469 e. The first-order valence-electron chi connectivity index (χ1n) is 9.39. The summed E-state index contributed by atoms with van der Waals surface area (Å²) in [6.07, 6.45) is 21.5. The van der Waals surface area contributed by atoms with Crippen molar-refractivity contribution in [2.75, 3.05) is 7.11 Å². The van der Waals surface area contributed by atoms with E-state index in [-0.39, 0.29) is 5.97 Å². The summed E-state index contributed by atoms with van der Waals surface area (Å²) in [7, 11) is 1.47. The normalized spacial score (nSPS) is 16.6. The van der Waals surface area contributed by atoms with Gasteiger partial charge in [0.2, 0.25) is 0 Å². The van der Waals surface area contributed by atoms with Crippen LogP contribution in [0.15, 0.2) is 0 Å². The molecule has 0 N–H and O–H groups in total. The summed E-state index contributed by atoms with van der Waals surface area (Å²) in [5.74, 6) is 0.985. The molecule has 0 unspecified atom stereocenters. The summed E-state index contributed by atoms with van der Waals surface area (Å²) >= 11 is 0. The van der Waals surface area contributed by atoms with Crippen molar-refractivity contribution in [3.05, 3.63) is 0 Å². The number of unbranched alkanes of at least 4 members (excludes halogenated alkanes) is 7. The van der Waals surface area contributed by atoms with E-state index in [9.17, 15) is 4.79 Å². The average molecular weight is 296 g/mol. The number of carbonyl (C=O) groups is 1. The molecule has 0 spiro atoms. The second-order valence-electron chi connectivity index (χ2n) is 6.80. The van der Waals surface area contributed by atoms with Gasteiger partial charge in [0.05, 0.1) is 7.11 Å². The van der Waals surface area contributed by atoms with Gasteiger partial charge in [0.25, 0.3) is 0 Å². The van der Waals surface area contributed by atoms with Gasteiger partial charge in [-0.05, 0) is 12.3 Å². The summed E-state index contributed by atoms with van der Waals surface area (Å²) < 4.78 is 4.64. The molecule has 0 bridgehead atoms. The molecule has 0 aromatic rings. The lowest BCUT2D eigenvalue weighted by Gasteiger charge is -2.13. The lowest BCUT2D eigenvalue weighted by Crippen LogP contribution is -1.99. The lowest BCUT2D eigenvalue weighted by molar-refractivity contribution is -0.140. The summed E-state index contributed by atoms with van der Waals surface area (Å²) in [4.78, 5) is 10.9. The molecule has 21 heavy (non-hydrogen) atoms. The highest BCUT2D eigenvalue weighted by Gasteiger charge is 2.11. The fourth-order valence-corrected chi connectivity index (χ4v) is 3.52. The average Bonchev–Trinajstić information content (AvgIpc) is 2.77. The van der Waals surface area contributed by atoms with Crippen LogP contribution in [0.3, 0.4) is 0 Å². The molecule has 0 radical (unpaired) electrons. The number of methoxy groups -OCH3 is 1. The molecule has 0 aromatic heterocycles. The van der Waals surface area contributed by atoms with Crippen molar-refractivity contribution in [3.63, 3.8) is 0 Å². The SMILES string of the molecule is COC(=O)CCCCCCCCCCC1CCCCCC1. The van der Waals surface area contributed by atoms with Crippen LogP contribution in [0.2, 0.25) is 0 Å². The smallest absolute Gasteiger partial charge is 0.305 e. The molecule has 1 aliphatic carbocycles. The zero-order valence-electron chi connectivity index (χ0n) is 14.2. The van der Waals surface area contributed by atoms with E-state index in [4.69, 9.17) is 0 Å². The zero-order chi connectivity index (χ0) is 15.2. The van der Waals surface area contributed by atoms with E-state index in [0.29, 0.717) is 6.42 Å². The Hall–Kier alpha value is -0.530. The highest BCUT2D eigenvalue weighted by atomic mass is 16.5.